The van der Waals surface area contributed by atoms with E-state index in [0.29, 0.717) is 24.0 Å². The van der Waals surface area contributed by atoms with Crippen molar-refractivity contribution >= 4 is 20.0 Å². The zero-order valence-electron chi connectivity index (χ0n) is 52.2. The first-order valence-electron chi connectivity index (χ1n) is 31.8. The first-order chi connectivity index (χ1) is 37.0. The number of hydrogen-bond donors (Lipinski definition) is 2. The van der Waals surface area contributed by atoms with Crippen molar-refractivity contribution in [1.29, 1.82) is 0 Å². The van der Waals surface area contributed by atoms with Crippen LogP contribution >= 0.6 is 0 Å². The number of nitrogens with zero attached hydrogens (tertiary/aromatic N) is 2. The number of rotatable bonds is 42. The Hall–Kier alpha value is -2.92. The van der Waals surface area contributed by atoms with Crippen molar-refractivity contribution in [1.82, 2.24) is 8.61 Å². The van der Waals surface area contributed by atoms with Gasteiger partial charge in [-0.15, -0.1) is 0 Å². The van der Waals surface area contributed by atoms with Gasteiger partial charge in [0.2, 0.25) is 20.0 Å². The van der Waals surface area contributed by atoms with E-state index >= 15 is 16.8 Å². The third-order valence-electron chi connectivity index (χ3n) is 16.7. The molecule has 0 bridgehead atoms. The number of unbranched alkanes of at least 4 members (excludes halogenated alkanes) is 30. The van der Waals surface area contributed by atoms with E-state index in [0.717, 1.165) is 71.9 Å². The molecule has 0 saturated heterocycles. The average molecular weight is 1120 g/mol. The number of hydrogen-bond acceptors (Lipinski definition) is 6. The fraction of sp³-hybridized carbons (Fsp3) is 0.735. The molecule has 0 heterocycles. The van der Waals surface area contributed by atoms with Crippen LogP contribution in [0.2, 0.25) is 0 Å². The Kier molecular flexibility index (Phi) is 31.9. The lowest BCUT2D eigenvalue weighted by Crippen LogP contribution is -2.36. The average Bonchev–Trinajstić information content (AvgIpc) is 3.44. The van der Waals surface area contributed by atoms with Crippen LogP contribution in [0.25, 0.3) is 0 Å². The zero-order valence-corrected chi connectivity index (χ0v) is 53.8. The minimum Gasteiger partial charge on any atom is -0.507 e. The Morgan fingerprint density at radius 1 is 0.385 bits per heavy atom. The Bertz CT molecular complexity index is 2230. The van der Waals surface area contributed by atoms with Gasteiger partial charge in [-0.3, -0.25) is 0 Å². The predicted molar refractivity (Wildman–Crippen MR) is 333 cm³/mol. The molecule has 0 unspecified atom stereocenters. The maximum absolute atomic E-state index is 15.5. The van der Waals surface area contributed by atoms with Crippen LogP contribution in [-0.2, 0) is 44.0 Å². The molecule has 0 aliphatic carbocycles. The molecule has 10 heteroatoms. The van der Waals surface area contributed by atoms with Crippen LogP contribution in [0.15, 0.2) is 46.2 Å². The molecule has 3 rings (SSSR count). The predicted octanol–water partition coefficient (Wildman–Crippen LogP) is 19.8. The number of phenolic OH excluding ortho intramolecular Hbond substituents is 2. The monoisotopic (exact) mass is 1120 g/mol. The zero-order chi connectivity index (χ0) is 57.8. The second kappa shape index (κ2) is 35.8. The van der Waals surface area contributed by atoms with Gasteiger partial charge in [0.25, 0.3) is 0 Å². The lowest BCUT2D eigenvalue weighted by atomic mass is 9.82. The Balaban J connectivity index is 1.86. The summed E-state index contributed by atoms with van der Waals surface area (Å²) in [5, 5.41) is 23.2. The van der Waals surface area contributed by atoms with E-state index in [2.05, 4.69) is 55.4 Å². The van der Waals surface area contributed by atoms with Gasteiger partial charge in [-0.1, -0.05) is 272 Å². The van der Waals surface area contributed by atoms with Gasteiger partial charge in [0.15, 0.2) is 0 Å². The lowest BCUT2D eigenvalue weighted by molar-refractivity contribution is 0.380. The van der Waals surface area contributed by atoms with Gasteiger partial charge in [-0.2, -0.15) is 8.61 Å². The molecular formula is C68H116N2O6S2. The van der Waals surface area contributed by atoms with Gasteiger partial charge in [0, 0.05) is 26.2 Å². The third kappa shape index (κ3) is 23.1. The molecule has 3 aromatic carbocycles. The molecule has 78 heavy (non-hydrogen) atoms. The van der Waals surface area contributed by atoms with Gasteiger partial charge in [0.05, 0.1) is 0 Å². The van der Waals surface area contributed by atoms with Gasteiger partial charge in [-0.25, -0.2) is 16.8 Å². The standard InChI is InChI=1S/C68H116N2O6S2/c1-13-15-17-19-21-23-25-27-29-31-33-35-37-39-41-45-49-69(53-59-55(3)51-61(67(7,8)9)65(71)57(59)5)77(73,74)63-47-43-44-48-64(63)78(75,76)70(54-60-56(4)52-62(68(10,11)12)66(72)58(60)6)50-46-42-40-38-36-34-32-30-28-26-24-22-20-18-16-14-2/h43-44,47-48,51-52,71-72H,13-42,45-46,49-50,53-54H2,1-12H3. The maximum Gasteiger partial charge on any atom is 0.244 e. The van der Waals surface area contributed by atoms with E-state index in [4.69, 9.17) is 0 Å². The van der Waals surface area contributed by atoms with Crippen LogP contribution in [-0.4, -0.2) is 48.7 Å². The van der Waals surface area contributed by atoms with Crippen molar-refractivity contribution in [2.24, 2.45) is 0 Å². The molecule has 0 aliphatic heterocycles. The summed E-state index contributed by atoms with van der Waals surface area (Å²) < 4.78 is 64.8. The van der Waals surface area contributed by atoms with Crippen molar-refractivity contribution in [3.63, 3.8) is 0 Å². The molecule has 0 spiro atoms. The van der Waals surface area contributed by atoms with Crippen LogP contribution in [0.3, 0.4) is 0 Å². The highest BCUT2D eigenvalue weighted by Gasteiger charge is 2.36. The summed E-state index contributed by atoms with van der Waals surface area (Å²) in [5.74, 6) is 0.338. The molecule has 2 N–H and O–H groups in total. The molecule has 0 amide bonds. The summed E-state index contributed by atoms with van der Waals surface area (Å²) in [5.41, 5.74) is 5.49. The summed E-state index contributed by atoms with van der Waals surface area (Å²) in [6, 6.07) is 10.1. The first-order valence-corrected chi connectivity index (χ1v) is 34.6. The summed E-state index contributed by atoms with van der Waals surface area (Å²) in [4.78, 5) is -0.465. The van der Waals surface area contributed by atoms with Crippen molar-refractivity contribution in [3.05, 3.63) is 80.9 Å². The minimum absolute atomic E-state index is 0.00576. The maximum atomic E-state index is 15.5. The van der Waals surface area contributed by atoms with E-state index in [1.54, 1.807) is 12.1 Å². The Morgan fingerprint density at radius 3 is 0.846 bits per heavy atom. The molecule has 0 aromatic heterocycles. The topological polar surface area (TPSA) is 115 Å². The van der Waals surface area contributed by atoms with E-state index < -0.39 is 20.0 Å². The van der Waals surface area contributed by atoms with E-state index in [1.807, 2.05) is 39.8 Å². The molecule has 0 fully saturated rings. The molecular weight excluding hydrogens is 1000 g/mol. The summed E-state index contributed by atoms with van der Waals surface area (Å²) in [6.07, 6.45) is 38.8. The van der Waals surface area contributed by atoms with Crippen molar-refractivity contribution in [3.8, 4) is 11.5 Å². The van der Waals surface area contributed by atoms with Crippen LogP contribution in [0.5, 0.6) is 11.5 Å². The number of benzene rings is 3. The van der Waals surface area contributed by atoms with Crippen LogP contribution < -0.4 is 0 Å². The van der Waals surface area contributed by atoms with Crippen LogP contribution in [0, 0.1) is 27.7 Å². The molecule has 446 valence electrons. The van der Waals surface area contributed by atoms with Gasteiger partial charge >= 0.3 is 0 Å². The Morgan fingerprint density at radius 2 is 0.615 bits per heavy atom. The summed E-state index contributed by atoms with van der Waals surface area (Å²) in [6.45, 7) is 25.0. The highest BCUT2D eigenvalue weighted by atomic mass is 32.2. The lowest BCUT2D eigenvalue weighted by Gasteiger charge is -2.29. The van der Waals surface area contributed by atoms with Crippen molar-refractivity contribution in [2.45, 2.75) is 322 Å². The molecule has 0 atom stereocenters. The number of phenols is 2. The van der Waals surface area contributed by atoms with Crippen molar-refractivity contribution in [2.75, 3.05) is 13.1 Å². The summed E-state index contributed by atoms with van der Waals surface area (Å²) in [7, 11) is -8.83. The number of aromatic hydroxyl groups is 2. The normalized spacial score (nSPS) is 12.7. The van der Waals surface area contributed by atoms with E-state index in [-0.39, 0.29) is 58.3 Å². The van der Waals surface area contributed by atoms with E-state index in [1.165, 1.54) is 175 Å². The largest absolute Gasteiger partial charge is 0.507 e. The molecule has 0 saturated carbocycles. The quantitative estimate of drug-likeness (QED) is 0.0546. The highest BCUT2D eigenvalue weighted by molar-refractivity contribution is 7.92. The number of aryl methyl sites for hydroxylation is 2. The molecule has 8 nitrogen and oxygen atoms in total. The fourth-order valence-electron chi connectivity index (χ4n) is 11.4. The Labute approximate surface area is 480 Å². The molecule has 0 radical (unpaired) electrons. The highest BCUT2D eigenvalue weighted by Crippen LogP contribution is 2.40. The fourth-order valence-corrected chi connectivity index (χ4v) is 15.1. The van der Waals surface area contributed by atoms with E-state index in [9.17, 15) is 10.2 Å². The molecule has 0 aliphatic rings. The summed E-state index contributed by atoms with van der Waals surface area (Å²) >= 11 is 0. The van der Waals surface area contributed by atoms with Gasteiger partial charge < -0.3 is 10.2 Å². The van der Waals surface area contributed by atoms with Crippen LogP contribution in [0.4, 0.5) is 0 Å². The van der Waals surface area contributed by atoms with Gasteiger partial charge in [0.1, 0.15) is 21.3 Å². The SMILES string of the molecule is CCCCCCCCCCCCCCCCCCN(Cc1c(C)cc(C(C)(C)C)c(O)c1C)S(=O)(=O)c1ccccc1S(=O)(=O)N(CCCCCCCCCCCCCCCCCC)Cc1c(C)cc(C(C)(C)C)c(O)c1C. The molecule has 3 aromatic rings. The minimum atomic E-state index is -4.42. The third-order valence-corrected chi connectivity index (χ3v) is 20.6. The van der Waals surface area contributed by atoms with Gasteiger partial charge in [-0.05, 0) is 108 Å². The van der Waals surface area contributed by atoms with Crippen LogP contribution in [0.1, 0.15) is 305 Å². The second-order valence-corrected chi connectivity index (χ2v) is 29.4. The number of sulfonamides is 2. The van der Waals surface area contributed by atoms with Crippen molar-refractivity contribution < 1.29 is 27.0 Å². The smallest absolute Gasteiger partial charge is 0.244 e. The second-order valence-electron chi connectivity index (χ2n) is 25.6. The first kappa shape index (κ1) is 69.3.